The van der Waals surface area contributed by atoms with E-state index in [0.29, 0.717) is 5.69 Å². The highest BCUT2D eigenvalue weighted by molar-refractivity contribution is 9.42. The van der Waals surface area contributed by atoms with E-state index in [1.54, 1.807) is 30.3 Å². The standard InChI is InChI=1S/C14H10Br3NO3S/c15-14(16,17)22(20,21)12-8-4-5-10(9-12)13(19)18-11-6-2-1-3-7-11/h1-9H,(H,18,19). The molecule has 4 nitrogen and oxygen atoms in total. The Hall–Kier alpha value is -0.700. The van der Waals surface area contributed by atoms with Gasteiger partial charge in [0.2, 0.25) is 11.3 Å². The van der Waals surface area contributed by atoms with Crippen molar-refractivity contribution in [3.63, 3.8) is 0 Å². The van der Waals surface area contributed by atoms with Gasteiger partial charge in [-0.2, -0.15) is 0 Å². The molecule has 1 N–H and O–H groups in total. The third-order valence-electron chi connectivity index (χ3n) is 2.74. The molecule has 0 aromatic heterocycles. The normalized spacial score (nSPS) is 12.0. The van der Waals surface area contributed by atoms with Crippen LogP contribution in [0, 0.1) is 0 Å². The van der Waals surface area contributed by atoms with E-state index in [-0.39, 0.29) is 16.4 Å². The van der Waals surface area contributed by atoms with Gasteiger partial charge in [0.25, 0.3) is 5.91 Å². The van der Waals surface area contributed by atoms with Crippen molar-refractivity contribution < 1.29 is 13.2 Å². The average molecular weight is 512 g/mol. The number of nitrogens with one attached hydrogen (secondary N) is 1. The van der Waals surface area contributed by atoms with Crippen molar-refractivity contribution in [1.82, 2.24) is 0 Å². The Morgan fingerprint density at radius 1 is 0.955 bits per heavy atom. The van der Waals surface area contributed by atoms with Gasteiger partial charge in [0.05, 0.1) is 4.90 Å². The summed E-state index contributed by atoms with van der Waals surface area (Å²) in [5.41, 5.74) is 0.887. The van der Waals surface area contributed by atoms with Crippen LogP contribution < -0.4 is 5.32 Å². The summed E-state index contributed by atoms with van der Waals surface area (Å²) in [6, 6.07) is 14.7. The second kappa shape index (κ2) is 6.82. The predicted molar refractivity (Wildman–Crippen MR) is 97.5 cm³/mol. The Morgan fingerprint density at radius 3 is 2.18 bits per heavy atom. The van der Waals surface area contributed by atoms with E-state index in [4.69, 9.17) is 0 Å². The van der Waals surface area contributed by atoms with Crippen molar-refractivity contribution in [3.05, 3.63) is 60.2 Å². The molecule has 1 amide bonds. The second-order valence-corrected chi connectivity index (χ2v) is 14.7. The van der Waals surface area contributed by atoms with Gasteiger partial charge >= 0.3 is 0 Å². The summed E-state index contributed by atoms with van der Waals surface area (Å²) in [4.78, 5) is 12.2. The number of alkyl halides is 3. The molecule has 0 spiro atoms. The largest absolute Gasteiger partial charge is 0.322 e. The maximum absolute atomic E-state index is 12.3. The number of benzene rings is 2. The van der Waals surface area contributed by atoms with Crippen LogP contribution in [0.1, 0.15) is 10.4 Å². The third kappa shape index (κ3) is 3.98. The van der Waals surface area contributed by atoms with Crippen molar-refractivity contribution in [2.45, 2.75) is 6.37 Å². The van der Waals surface area contributed by atoms with Crippen LogP contribution >= 0.6 is 47.8 Å². The number of amides is 1. The fourth-order valence-corrected chi connectivity index (χ4v) is 4.15. The molecule has 116 valence electrons. The summed E-state index contributed by atoms with van der Waals surface area (Å²) in [6.45, 7) is 0. The Morgan fingerprint density at radius 2 is 1.59 bits per heavy atom. The first-order chi connectivity index (χ1) is 10.2. The number of anilines is 1. The number of hydrogen-bond donors (Lipinski definition) is 1. The van der Waals surface area contributed by atoms with Gasteiger partial charge in [-0.05, 0) is 78.1 Å². The molecular formula is C14H10Br3NO3S. The Labute approximate surface area is 153 Å². The molecule has 0 saturated carbocycles. The van der Waals surface area contributed by atoms with Crippen molar-refractivity contribution in [3.8, 4) is 0 Å². The van der Waals surface area contributed by atoms with Crippen LogP contribution in [-0.4, -0.2) is 15.8 Å². The SMILES string of the molecule is O=C(Nc1ccccc1)c1cccc(S(=O)(=O)C(Br)(Br)Br)c1. The Bertz CT molecular complexity index is 786. The van der Waals surface area contributed by atoms with Gasteiger partial charge in [-0.25, -0.2) is 8.42 Å². The number of halogens is 3. The molecule has 0 aliphatic carbocycles. The summed E-state index contributed by atoms with van der Waals surface area (Å²) in [7, 11) is -3.74. The van der Waals surface area contributed by atoms with Gasteiger partial charge in [-0.3, -0.25) is 4.79 Å². The van der Waals surface area contributed by atoms with Gasteiger partial charge in [-0.15, -0.1) is 0 Å². The molecule has 0 saturated heterocycles. The van der Waals surface area contributed by atoms with Crippen LogP contribution in [-0.2, 0) is 9.84 Å². The van der Waals surface area contributed by atoms with E-state index in [1.165, 1.54) is 18.2 Å². The maximum Gasteiger partial charge on any atom is 0.255 e. The molecule has 2 aromatic rings. The Balaban J connectivity index is 2.31. The molecular weight excluding hydrogens is 502 g/mol. The zero-order valence-electron chi connectivity index (χ0n) is 11.0. The van der Waals surface area contributed by atoms with E-state index >= 15 is 0 Å². The number of para-hydroxylation sites is 1. The van der Waals surface area contributed by atoms with Crippen LogP contribution in [0.3, 0.4) is 0 Å². The minimum atomic E-state index is -3.74. The first-order valence-corrected chi connectivity index (χ1v) is 9.86. The lowest BCUT2D eigenvalue weighted by atomic mass is 10.2. The molecule has 22 heavy (non-hydrogen) atoms. The lowest BCUT2D eigenvalue weighted by Gasteiger charge is -2.14. The highest BCUT2D eigenvalue weighted by Gasteiger charge is 2.37. The van der Waals surface area contributed by atoms with Gasteiger partial charge in [0.1, 0.15) is 0 Å². The number of hydrogen-bond acceptors (Lipinski definition) is 3. The zero-order valence-corrected chi connectivity index (χ0v) is 16.5. The van der Waals surface area contributed by atoms with E-state index < -0.39 is 11.3 Å². The Kier molecular flexibility index (Phi) is 5.47. The lowest BCUT2D eigenvalue weighted by molar-refractivity contribution is 0.102. The van der Waals surface area contributed by atoms with E-state index in [2.05, 4.69) is 53.1 Å². The molecule has 0 bridgehead atoms. The first-order valence-electron chi connectivity index (χ1n) is 5.99. The fourth-order valence-electron chi connectivity index (χ4n) is 1.66. The summed E-state index contributed by atoms with van der Waals surface area (Å²) < 4.78 is 23.2. The van der Waals surface area contributed by atoms with Gasteiger partial charge in [0.15, 0.2) is 0 Å². The predicted octanol–water partition coefficient (Wildman–Crippen LogP) is 4.51. The summed E-state index contributed by atoms with van der Waals surface area (Å²) >= 11 is 8.99. The average Bonchev–Trinajstić information content (AvgIpc) is 2.47. The minimum Gasteiger partial charge on any atom is -0.322 e. The fraction of sp³-hybridized carbons (Fsp3) is 0.0714. The summed E-state index contributed by atoms with van der Waals surface area (Å²) in [5, 5.41) is 2.71. The molecule has 8 heteroatoms. The summed E-state index contributed by atoms with van der Waals surface area (Å²) in [5.74, 6) is -0.382. The van der Waals surface area contributed by atoms with E-state index in [9.17, 15) is 13.2 Å². The van der Waals surface area contributed by atoms with Crippen LogP contribution in [0.5, 0.6) is 0 Å². The molecule has 2 rings (SSSR count). The van der Waals surface area contributed by atoms with E-state index in [0.717, 1.165) is 0 Å². The molecule has 2 aromatic carbocycles. The van der Waals surface area contributed by atoms with Crippen LogP contribution in [0.25, 0.3) is 0 Å². The lowest BCUT2D eigenvalue weighted by Crippen LogP contribution is -2.19. The summed E-state index contributed by atoms with van der Waals surface area (Å²) in [6.07, 6.45) is 0. The highest BCUT2D eigenvalue weighted by Crippen LogP contribution is 2.43. The minimum absolute atomic E-state index is 0.0128. The zero-order chi connectivity index (χ0) is 16.4. The van der Waals surface area contributed by atoms with Gasteiger partial charge in [-0.1, -0.05) is 24.3 Å². The van der Waals surface area contributed by atoms with Crippen molar-refractivity contribution >= 4 is 69.2 Å². The maximum atomic E-state index is 12.3. The van der Waals surface area contributed by atoms with Crippen LogP contribution in [0.2, 0.25) is 0 Å². The van der Waals surface area contributed by atoms with Crippen LogP contribution in [0.15, 0.2) is 59.5 Å². The highest BCUT2D eigenvalue weighted by atomic mass is 80.0. The molecule has 0 aliphatic rings. The van der Waals surface area contributed by atoms with Crippen molar-refractivity contribution in [1.29, 1.82) is 0 Å². The molecule has 0 radical (unpaired) electrons. The van der Waals surface area contributed by atoms with Crippen molar-refractivity contribution in [2.24, 2.45) is 0 Å². The number of rotatable bonds is 3. The molecule has 0 fully saturated rings. The monoisotopic (exact) mass is 509 g/mol. The third-order valence-corrected chi connectivity index (χ3v) is 8.06. The molecule has 0 heterocycles. The smallest absolute Gasteiger partial charge is 0.255 e. The molecule has 0 atom stereocenters. The number of carbonyl (C=O) groups is 1. The molecule has 0 aliphatic heterocycles. The van der Waals surface area contributed by atoms with Crippen molar-refractivity contribution in [2.75, 3.05) is 5.32 Å². The van der Waals surface area contributed by atoms with Gasteiger partial charge in [0, 0.05) is 11.3 Å². The number of carbonyl (C=O) groups excluding carboxylic acids is 1. The topological polar surface area (TPSA) is 63.2 Å². The van der Waals surface area contributed by atoms with Crippen LogP contribution in [0.4, 0.5) is 5.69 Å². The van der Waals surface area contributed by atoms with E-state index in [1.807, 2.05) is 6.07 Å². The van der Waals surface area contributed by atoms with Gasteiger partial charge < -0.3 is 5.32 Å². The quantitative estimate of drug-likeness (QED) is 0.617. The first kappa shape index (κ1) is 17.7. The number of sulfone groups is 1. The molecule has 0 unspecified atom stereocenters. The second-order valence-electron chi connectivity index (χ2n) is 4.30.